The van der Waals surface area contributed by atoms with Gasteiger partial charge in [0.15, 0.2) is 0 Å². The van der Waals surface area contributed by atoms with Gasteiger partial charge < -0.3 is 10.3 Å². The second-order valence-corrected chi connectivity index (χ2v) is 5.88. The molecular formula is C12H15F6NO2. The summed E-state index contributed by atoms with van der Waals surface area (Å²) in [5, 5.41) is 20.9. The van der Waals surface area contributed by atoms with Crippen molar-refractivity contribution in [2.75, 3.05) is 0 Å². The highest BCUT2D eigenvalue weighted by molar-refractivity contribution is 5.99. The zero-order chi connectivity index (χ0) is 16.9. The minimum Gasteiger partial charge on any atom is -0.411 e. The van der Waals surface area contributed by atoms with E-state index in [0.29, 0.717) is 5.57 Å². The van der Waals surface area contributed by atoms with Gasteiger partial charge in [-0.2, -0.15) is 26.3 Å². The van der Waals surface area contributed by atoms with Gasteiger partial charge in [-0.1, -0.05) is 24.6 Å². The normalized spacial score (nSPS) is 25.9. The summed E-state index contributed by atoms with van der Waals surface area (Å²) < 4.78 is 78.0. The molecule has 3 nitrogen and oxygen atoms in total. The van der Waals surface area contributed by atoms with Crippen LogP contribution >= 0.6 is 0 Å². The quantitative estimate of drug-likeness (QED) is 0.440. The number of aliphatic hydroxyl groups is 1. The highest BCUT2D eigenvalue weighted by atomic mass is 19.4. The average Bonchev–Trinajstić information content (AvgIpc) is 2.22. The summed E-state index contributed by atoms with van der Waals surface area (Å²) in [6.07, 6.45) is -11.1. The third kappa shape index (κ3) is 2.75. The first kappa shape index (κ1) is 17.8. The standard InChI is InChI=1S/C12H15F6NO2/c1-6-4-7(19-21)8(9(2,3)5-6)10(20,11(13,14)15)12(16,17)18/h4,8,20-21H,5H2,1-3H3/b19-7+/t8-/m1/s1. The van der Waals surface area contributed by atoms with Crippen LogP contribution in [0.2, 0.25) is 0 Å². The Morgan fingerprint density at radius 1 is 1.14 bits per heavy atom. The second-order valence-electron chi connectivity index (χ2n) is 5.88. The molecule has 0 radical (unpaired) electrons. The Bertz CT molecular complexity index is 461. The maximum Gasteiger partial charge on any atom is 0.426 e. The van der Waals surface area contributed by atoms with Crippen LogP contribution in [0.1, 0.15) is 27.2 Å². The molecule has 0 aromatic heterocycles. The molecule has 0 spiro atoms. The van der Waals surface area contributed by atoms with Crippen LogP contribution in [0.3, 0.4) is 0 Å². The first-order chi connectivity index (χ1) is 9.18. The van der Waals surface area contributed by atoms with E-state index < -0.39 is 35.0 Å². The third-order valence-corrected chi connectivity index (χ3v) is 3.60. The number of oxime groups is 1. The highest BCUT2D eigenvalue weighted by Crippen LogP contribution is 2.55. The number of alkyl halides is 6. The second kappa shape index (κ2) is 4.89. The Morgan fingerprint density at radius 2 is 1.57 bits per heavy atom. The molecule has 1 aliphatic carbocycles. The lowest BCUT2D eigenvalue weighted by Gasteiger charge is -2.47. The van der Waals surface area contributed by atoms with Crippen molar-refractivity contribution < 1.29 is 36.7 Å². The predicted octanol–water partition coefficient (Wildman–Crippen LogP) is 3.66. The van der Waals surface area contributed by atoms with Crippen molar-refractivity contribution in [3.05, 3.63) is 11.6 Å². The van der Waals surface area contributed by atoms with E-state index in [4.69, 9.17) is 5.21 Å². The van der Waals surface area contributed by atoms with Gasteiger partial charge in [-0.3, -0.25) is 0 Å². The molecule has 0 heterocycles. The van der Waals surface area contributed by atoms with Gasteiger partial charge in [-0.05, 0) is 24.8 Å². The molecule has 0 bridgehead atoms. The van der Waals surface area contributed by atoms with Gasteiger partial charge in [-0.15, -0.1) is 0 Å². The van der Waals surface area contributed by atoms with Crippen molar-refractivity contribution >= 4 is 5.71 Å². The third-order valence-electron chi connectivity index (χ3n) is 3.60. The zero-order valence-corrected chi connectivity index (χ0v) is 11.5. The molecule has 21 heavy (non-hydrogen) atoms. The number of nitrogens with zero attached hydrogens (tertiary/aromatic N) is 1. The Hall–Kier alpha value is -1.25. The fourth-order valence-corrected chi connectivity index (χ4v) is 2.96. The Morgan fingerprint density at radius 3 is 1.90 bits per heavy atom. The number of hydrogen-bond donors (Lipinski definition) is 2. The van der Waals surface area contributed by atoms with E-state index in [9.17, 15) is 31.4 Å². The minimum absolute atomic E-state index is 0.106. The van der Waals surface area contributed by atoms with Crippen molar-refractivity contribution in [1.29, 1.82) is 0 Å². The molecule has 0 saturated heterocycles. The van der Waals surface area contributed by atoms with Gasteiger partial charge in [0.2, 0.25) is 0 Å². The molecule has 0 unspecified atom stereocenters. The maximum atomic E-state index is 13.0. The number of rotatable bonds is 1. The number of hydrogen-bond acceptors (Lipinski definition) is 3. The zero-order valence-electron chi connectivity index (χ0n) is 11.5. The van der Waals surface area contributed by atoms with Crippen LogP contribution in [0.15, 0.2) is 16.8 Å². The summed E-state index contributed by atoms with van der Waals surface area (Å²) in [5.41, 5.74) is -7.00. The predicted molar refractivity (Wildman–Crippen MR) is 61.9 cm³/mol. The molecule has 0 aliphatic heterocycles. The molecule has 122 valence electrons. The largest absolute Gasteiger partial charge is 0.426 e. The molecule has 1 aliphatic rings. The Balaban J connectivity index is 3.64. The summed E-state index contributed by atoms with van der Waals surface area (Å²) in [5.74, 6) is -2.47. The number of halogens is 6. The van der Waals surface area contributed by atoms with E-state index in [1.54, 1.807) is 0 Å². The molecule has 2 N–H and O–H groups in total. The molecule has 0 aromatic rings. The SMILES string of the molecule is CC1=C/C(=N\O)[C@@H](C(O)(C(F)(F)F)C(F)(F)F)C(C)(C)C1. The van der Waals surface area contributed by atoms with Gasteiger partial charge in [-0.25, -0.2) is 0 Å². The molecule has 0 amide bonds. The van der Waals surface area contributed by atoms with Crippen LogP contribution in [-0.4, -0.2) is 34.0 Å². The molecular weight excluding hydrogens is 304 g/mol. The van der Waals surface area contributed by atoms with Gasteiger partial charge in [0, 0.05) is 0 Å². The molecule has 0 aromatic carbocycles. The minimum atomic E-state index is -5.97. The molecule has 9 heteroatoms. The lowest BCUT2D eigenvalue weighted by atomic mass is 9.61. The molecule has 0 fully saturated rings. The monoisotopic (exact) mass is 319 g/mol. The van der Waals surface area contributed by atoms with Crippen molar-refractivity contribution in [3.8, 4) is 0 Å². The fourth-order valence-electron chi connectivity index (χ4n) is 2.96. The summed E-state index contributed by atoms with van der Waals surface area (Å²) in [7, 11) is 0. The average molecular weight is 319 g/mol. The van der Waals surface area contributed by atoms with Crippen LogP contribution in [-0.2, 0) is 0 Å². The summed E-state index contributed by atoms with van der Waals surface area (Å²) in [6.45, 7) is 3.80. The van der Waals surface area contributed by atoms with E-state index in [-0.39, 0.29) is 6.42 Å². The number of allylic oxidation sites excluding steroid dienone is 2. The van der Waals surface area contributed by atoms with Crippen molar-refractivity contribution in [3.63, 3.8) is 0 Å². The van der Waals surface area contributed by atoms with Crippen LogP contribution in [0, 0.1) is 11.3 Å². The van der Waals surface area contributed by atoms with Crippen molar-refractivity contribution in [2.24, 2.45) is 16.5 Å². The van der Waals surface area contributed by atoms with Crippen LogP contribution < -0.4 is 0 Å². The lowest BCUT2D eigenvalue weighted by Crippen LogP contribution is -2.67. The maximum absolute atomic E-state index is 13.0. The van der Waals surface area contributed by atoms with Crippen molar-refractivity contribution in [2.45, 2.75) is 45.1 Å². The first-order valence-electron chi connectivity index (χ1n) is 5.93. The van der Waals surface area contributed by atoms with Crippen LogP contribution in [0.25, 0.3) is 0 Å². The summed E-state index contributed by atoms with van der Waals surface area (Å²) in [4.78, 5) is 0. The van der Waals surface area contributed by atoms with E-state index in [0.717, 1.165) is 19.9 Å². The van der Waals surface area contributed by atoms with Crippen LogP contribution in [0.4, 0.5) is 26.3 Å². The topological polar surface area (TPSA) is 52.8 Å². The fraction of sp³-hybridized carbons (Fsp3) is 0.750. The highest BCUT2D eigenvalue weighted by Gasteiger charge is 2.76. The summed E-state index contributed by atoms with van der Waals surface area (Å²) >= 11 is 0. The molecule has 1 rings (SSSR count). The molecule has 1 atom stereocenters. The van der Waals surface area contributed by atoms with E-state index >= 15 is 0 Å². The van der Waals surface area contributed by atoms with Gasteiger partial charge >= 0.3 is 12.4 Å². The Labute approximate surface area is 116 Å². The smallest absolute Gasteiger partial charge is 0.411 e. The van der Waals surface area contributed by atoms with Crippen LogP contribution in [0.5, 0.6) is 0 Å². The van der Waals surface area contributed by atoms with E-state index in [2.05, 4.69) is 5.16 Å². The Kier molecular flexibility index (Phi) is 4.15. The van der Waals surface area contributed by atoms with E-state index in [1.807, 2.05) is 0 Å². The van der Waals surface area contributed by atoms with Gasteiger partial charge in [0.05, 0.1) is 11.6 Å². The van der Waals surface area contributed by atoms with Gasteiger partial charge in [0.25, 0.3) is 5.60 Å². The van der Waals surface area contributed by atoms with Gasteiger partial charge in [0.1, 0.15) is 0 Å². The lowest BCUT2D eigenvalue weighted by molar-refractivity contribution is -0.385. The molecule has 0 saturated carbocycles. The van der Waals surface area contributed by atoms with E-state index in [1.165, 1.54) is 6.92 Å². The van der Waals surface area contributed by atoms with Crippen molar-refractivity contribution in [1.82, 2.24) is 0 Å². The summed E-state index contributed by atoms with van der Waals surface area (Å²) in [6, 6.07) is 0. The first-order valence-corrected chi connectivity index (χ1v) is 5.93.